The van der Waals surface area contributed by atoms with Crippen LogP contribution in [0.15, 0.2) is 30.3 Å². The van der Waals surface area contributed by atoms with Gasteiger partial charge in [-0.05, 0) is 31.4 Å². The van der Waals surface area contributed by atoms with Crippen LogP contribution in [0.4, 0.5) is 5.82 Å². The lowest BCUT2D eigenvalue weighted by atomic mass is 10.1. The van der Waals surface area contributed by atoms with Crippen molar-refractivity contribution in [2.45, 2.75) is 26.8 Å². The van der Waals surface area contributed by atoms with Crippen molar-refractivity contribution in [1.82, 2.24) is 15.3 Å². The molecule has 0 radical (unpaired) electrons. The molecule has 1 aromatic carbocycles. The van der Waals surface area contributed by atoms with E-state index in [1.165, 1.54) is 11.1 Å². The highest BCUT2D eigenvalue weighted by Gasteiger charge is 2.10. The fraction of sp³-hybridized carbons (Fsp3) is 0.389. The lowest BCUT2D eigenvalue weighted by Gasteiger charge is -2.10. The van der Waals surface area contributed by atoms with Crippen molar-refractivity contribution < 1.29 is 9.53 Å². The molecule has 24 heavy (non-hydrogen) atoms. The Labute approximate surface area is 142 Å². The Balaban J connectivity index is 2.00. The molecule has 0 saturated carbocycles. The number of aromatic nitrogens is 2. The maximum atomic E-state index is 12.2. The van der Waals surface area contributed by atoms with Gasteiger partial charge in [-0.1, -0.05) is 24.3 Å². The summed E-state index contributed by atoms with van der Waals surface area (Å²) in [5.41, 5.74) is 2.78. The number of amides is 1. The first-order valence-corrected chi connectivity index (χ1v) is 8.01. The van der Waals surface area contributed by atoms with E-state index in [2.05, 4.69) is 39.7 Å². The molecule has 2 aromatic rings. The van der Waals surface area contributed by atoms with Crippen LogP contribution in [-0.4, -0.2) is 36.1 Å². The van der Waals surface area contributed by atoms with E-state index in [1.807, 2.05) is 12.1 Å². The molecule has 2 rings (SSSR count). The van der Waals surface area contributed by atoms with Crippen molar-refractivity contribution in [1.29, 1.82) is 0 Å². The molecule has 0 bridgehead atoms. The number of methoxy groups -OCH3 is 1. The topological polar surface area (TPSA) is 76.1 Å². The van der Waals surface area contributed by atoms with Crippen LogP contribution in [0.1, 0.15) is 33.9 Å². The Morgan fingerprint density at radius 2 is 2.00 bits per heavy atom. The molecule has 0 saturated heterocycles. The summed E-state index contributed by atoms with van der Waals surface area (Å²) in [6.07, 6.45) is 0.769. The second kappa shape index (κ2) is 8.98. The maximum Gasteiger partial charge on any atom is 0.270 e. The van der Waals surface area contributed by atoms with Crippen molar-refractivity contribution in [3.63, 3.8) is 0 Å². The van der Waals surface area contributed by atoms with E-state index in [1.54, 1.807) is 20.1 Å². The summed E-state index contributed by atoms with van der Waals surface area (Å²) in [6.45, 7) is 5.67. The molecule has 128 valence electrons. The summed E-state index contributed by atoms with van der Waals surface area (Å²) in [7, 11) is 1.64. The van der Waals surface area contributed by atoms with Crippen LogP contribution in [0.5, 0.6) is 0 Å². The van der Waals surface area contributed by atoms with E-state index in [4.69, 9.17) is 4.74 Å². The molecule has 2 N–H and O–H groups in total. The number of nitrogens with one attached hydrogen (secondary N) is 2. The Hall–Kier alpha value is -2.47. The van der Waals surface area contributed by atoms with Crippen molar-refractivity contribution in [2.75, 3.05) is 25.6 Å². The molecule has 1 amide bonds. The van der Waals surface area contributed by atoms with Gasteiger partial charge in [0.2, 0.25) is 0 Å². The Kier molecular flexibility index (Phi) is 6.69. The number of benzene rings is 1. The molecular formula is C18H24N4O2. The normalized spacial score (nSPS) is 10.5. The highest BCUT2D eigenvalue weighted by Crippen LogP contribution is 2.12. The van der Waals surface area contributed by atoms with Gasteiger partial charge < -0.3 is 15.4 Å². The summed E-state index contributed by atoms with van der Waals surface area (Å²) < 4.78 is 4.96. The highest BCUT2D eigenvalue weighted by atomic mass is 16.5. The number of anilines is 1. The fourth-order valence-electron chi connectivity index (χ4n) is 2.28. The second-order valence-electron chi connectivity index (χ2n) is 5.57. The molecule has 0 aliphatic heterocycles. The van der Waals surface area contributed by atoms with Crippen molar-refractivity contribution in [3.8, 4) is 0 Å². The van der Waals surface area contributed by atoms with Crippen LogP contribution < -0.4 is 10.6 Å². The monoisotopic (exact) mass is 328 g/mol. The van der Waals surface area contributed by atoms with E-state index in [9.17, 15) is 4.79 Å². The number of aryl methyl sites for hydroxylation is 2. The van der Waals surface area contributed by atoms with Gasteiger partial charge in [-0.3, -0.25) is 4.79 Å². The third-order valence-electron chi connectivity index (χ3n) is 3.60. The smallest absolute Gasteiger partial charge is 0.270 e. The molecule has 0 aliphatic carbocycles. The Bertz CT molecular complexity index is 688. The summed E-state index contributed by atoms with van der Waals surface area (Å²) in [5, 5.41) is 6.10. The molecule has 0 spiro atoms. The van der Waals surface area contributed by atoms with Gasteiger partial charge in [0.15, 0.2) is 0 Å². The lowest BCUT2D eigenvalue weighted by molar-refractivity contribution is 0.0943. The second-order valence-corrected chi connectivity index (χ2v) is 5.57. The van der Waals surface area contributed by atoms with E-state index in [0.717, 1.165) is 6.42 Å². The minimum absolute atomic E-state index is 0.199. The predicted molar refractivity (Wildman–Crippen MR) is 94.1 cm³/mol. The molecule has 0 aliphatic rings. The molecular weight excluding hydrogens is 304 g/mol. The first-order valence-electron chi connectivity index (χ1n) is 8.01. The van der Waals surface area contributed by atoms with E-state index < -0.39 is 0 Å². The quantitative estimate of drug-likeness (QED) is 0.728. The zero-order valence-corrected chi connectivity index (χ0v) is 14.4. The van der Waals surface area contributed by atoms with Gasteiger partial charge >= 0.3 is 0 Å². The van der Waals surface area contributed by atoms with Gasteiger partial charge in [-0.2, -0.15) is 0 Å². The van der Waals surface area contributed by atoms with Crippen LogP contribution in [0.25, 0.3) is 0 Å². The van der Waals surface area contributed by atoms with E-state index in [-0.39, 0.29) is 5.91 Å². The number of rotatable bonds is 8. The Morgan fingerprint density at radius 3 is 2.75 bits per heavy atom. The number of nitrogens with zero attached hydrogens (tertiary/aromatic N) is 2. The SMILES string of the molecule is COCCCNC(=O)c1cc(NCc2ccccc2C)nc(C)n1. The van der Waals surface area contributed by atoms with Crippen LogP contribution >= 0.6 is 0 Å². The molecule has 1 heterocycles. The summed E-state index contributed by atoms with van der Waals surface area (Å²) in [5.74, 6) is 1.01. The predicted octanol–water partition coefficient (Wildman–Crippen LogP) is 2.47. The van der Waals surface area contributed by atoms with Gasteiger partial charge in [-0.15, -0.1) is 0 Å². The first kappa shape index (κ1) is 17.9. The maximum absolute atomic E-state index is 12.2. The lowest BCUT2D eigenvalue weighted by Crippen LogP contribution is -2.26. The van der Waals surface area contributed by atoms with Crippen molar-refractivity contribution >= 4 is 11.7 Å². The summed E-state index contributed by atoms with van der Waals surface area (Å²) >= 11 is 0. The Morgan fingerprint density at radius 1 is 1.21 bits per heavy atom. The minimum Gasteiger partial charge on any atom is -0.385 e. The van der Waals surface area contributed by atoms with Crippen LogP contribution in [0.3, 0.4) is 0 Å². The summed E-state index contributed by atoms with van der Waals surface area (Å²) in [4.78, 5) is 20.7. The van der Waals surface area contributed by atoms with Crippen LogP contribution in [0, 0.1) is 13.8 Å². The molecule has 6 nitrogen and oxygen atoms in total. The number of hydrogen-bond donors (Lipinski definition) is 2. The zero-order valence-electron chi connectivity index (χ0n) is 14.4. The third kappa shape index (κ3) is 5.31. The van der Waals surface area contributed by atoms with Gasteiger partial charge in [0.05, 0.1) is 0 Å². The number of carbonyl (C=O) groups is 1. The molecule has 0 fully saturated rings. The molecule has 0 unspecified atom stereocenters. The average molecular weight is 328 g/mol. The first-order chi connectivity index (χ1) is 11.6. The highest BCUT2D eigenvalue weighted by molar-refractivity contribution is 5.92. The van der Waals surface area contributed by atoms with Crippen molar-refractivity contribution in [2.24, 2.45) is 0 Å². The standard InChI is InChI=1S/C18H24N4O2/c1-13-7-4-5-8-15(13)12-20-17-11-16(21-14(2)22-17)18(23)19-9-6-10-24-3/h4-5,7-8,11H,6,9-10,12H2,1-3H3,(H,19,23)(H,20,21,22). The third-order valence-corrected chi connectivity index (χ3v) is 3.60. The number of carbonyl (C=O) groups excluding carboxylic acids is 1. The van der Waals surface area contributed by atoms with E-state index >= 15 is 0 Å². The van der Waals surface area contributed by atoms with Crippen LogP contribution in [0.2, 0.25) is 0 Å². The van der Waals surface area contributed by atoms with Crippen LogP contribution in [-0.2, 0) is 11.3 Å². The average Bonchev–Trinajstić information content (AvgIpc) is 2.57. The summed E-state index contributed by atoms with van der Waals surface area (Å²) in [6, 6.07) is 9.84. The van der Waals surface area contributed by atoms with Gasteiger partial charge in [0, 0.05) is 32.9 Å². The number of ether oxygens (including phenoxy) is 1. The minimum atomic E-state index is -0.199. The van der Waals surface area contributed by atoms with E-state index in [0.29, 0.717) is 37.0 Å². The zero-order chi connectivity index (χ0) is 17.4. The molecule has 0 atom stereocenters. The van der Waals surface area contributed by atoms with Crippen molar-refractivity contribution in [3.05, 3.63) is 53.0 Å². The molecule has 1 aromatic heterocycles. The number of hydrogen-bond acceptors (Lipinski definition) is 5. The molecule has 6 heteroatoms. The van der Waals surface area contributed by atoms with Gasteiger partial charge in [0.1, 0.15) is 17.3 Å². The van der Waals surface area contributed by atoms with Gasteiger partial charge in [0.25, 0.3) is 5.91 Å². The largest absolute Gasteiger partial charge is 0.385 e. The fourth-order valence-corrected chi connectivity index (χ4v) is 2.28. The van der Waals surface area contributed by atoms with Gasteiger partial charge in [-0.25, -0.2) is 9.97 Å².